The van der Waals surface area contributed by atoms with E-state index >= 15 is 0 Å². The average Bonchev–Trinajstić information content (AvgIpc) is 2.69. The third-order valence-corrected chi connectivity index (χ3v) is 4.20. The summed E-state index contributed by atoms with van der Waals surface area (Å²) in [6.07, 6.45) is 1.56. The van der Waals surface area contributed by atoms with Gasteiger partial charge in [0.1, 0.15) is 11.6 Å². The number of amides is 1. The predicted octanol–water partition coefficient (Wildman–Crippen LogP) is 5.21. The van der Waals surface area contributed by atoms with Gasteiger partial charge in [0.25, 0.3) is 5.91 Å². The van der Waals surface area contributed by atoms with Crippen LogP contribution in [0.2, 0.25) is 0 Å². The Morgan fingerprint density at radius 2 is 1.78 bits per heavy atom. The van der Waals surface area contributed by atoms with E-state index in [1.54, 1.807) is 31.5 Å². The number of nitrogens with one attached hydrogen (secondary N) is 2. The van der Waals surface area contributed by atoms with Gasteiger partial charge < -0.3 is 15.4 Å². The van der Waals surface area contributed by atoms with Crippen LogP contribution in [0.1, 0.15) is 35.7 Å². The van der Waals surface area contributed by atoms with Crippen molar-refractivity contribution in [1.29, 1.82) is 0 Å². The summed E-state index contributed by atoms with van der Waals surface area (Å²) >= 11 is 0. The van der Waals surface area contributed by atoms with Crippen LogP contribution in [0.3, 0.4) is 0 Å². The molecule has 1 amide bonds. The number of hydrogen-bond donors (Lipinski definition) is 2. The van der Waals surface area contributed by atoms with Crippen molar-refractivity contribution in [3.63, 3.8) is 0 Å². The van der Waals surface area contributed by atoms with Crippen molar-refractivity contribution in [3.8, 4) is 5.75 Å². The van der Waals surface area contributed by atoms with Crippen LogP contribution in [0.4, 0.5) is 17.2 Å². The van der Waals surface area contributed by atoms with Gasteiger partial charge in [-0.1, -0.05) is 32.0 Å². The van der Waals surface area contributed by atoms with Gasteiger partial charge in [0.05, 0.1) is 12.7 Å². The lowest BCUT2D eigenvalue weighted by Crippen LogP contribution is -2.12. The smallest absolute Gasteiger partial charge is 0.257 e. The third kappa shape index (κ3) is 4.85. The third-order valence-electron chi connectivity index (χ3n) is 4.20. The van der Waals surface area contributed by atoms with Crippen molar-refractivity contribution in [2.75, 3.05) is 17.7 Å². The van der Waals surface area contributed by atoms with Crippen LogP contribution in [0, 0.1) is 0 Å². The monoisotopic (exact) mass is 361 g/mol. The number of methoxy groups -OCH3 is 1. The maximum absolute atomic E-state index is 12.4. The molecule has 0 spiro atoms. The van der Waals surface area contributed by atoms with E-state index in [9.17, 15) is 4.79 Å². The van der Waals surface area contributed by atoms with E-state index in [1.165, 1.54) is 5.56 Å². The summed E-state index contributed by atoms with van der Waals surface area (Å²) in [4.78, 5) is 16.7. The minimum absolute atomic E-state index is 0.219. The first-order chi connectivity index (χ1) is 13.0. The van der Waals surface area contributed by atoms with Crippen molar-refractivity contribution >= 4 is 23.1 Å². The highest BCUT2D eigenvalue weighted by atomic mass is 16.5. The van der Waals surface area contributed by atoms with Gasteiger partial charge in [-0.3, -0.25) is 4.79 Å². The predicted molar refractivity (Wildman–Crippen MR) is 109 cm³/mol. The molecule has 3 aromatic rings. The van der Waals surface area contributed by atoms with Gasteiger partial charge in [0.2, 0.25) is 0 Å². The topological polar surface area (TPSA) is 63.2 Å². The van der Waals surface area contributed by atoms with Gasteiger partial charge in [-0.05, 0) is 47.9 Å². The fourth-order valence-electron chi connectivity index (χ4n) is 2.61. The van der Waals surface area contributed by atoms with E-state index in [0.717, 1.165) is 5.69 Å². The van der Waals surface area contributed by atoms with E-state index in [-0.39, 0.29) is 5.91 Å². The van der Waals surface area contributed by atoms with Gasteiger partial charge in [-0.15, -0.1) is 0 Å². The van der Waals surface area contributed by atoms with Crippen molar-refractivity contribution in [3.05, 3.63) is 78.0 Å². The first kappa shape index (κ1) is 18.5. The second-order valence-electron chi connectivity index (χ2n) is 6.52. The second-order valence-corrected chi connectivity index (χ2v) is 6.52. The van der Waals surface area contributed by atoms with Gasteiger partial charge in [-0.2, -0.15) is 0 Å². The van der Waals surface area contributed by atoms with E-state index < -0.39 is 0 Å². The second kappa shape index (κ2) is 8.36. The molecule has 0 fully saturated rings. The number of aromatic nitrogens is 1. The highest BCUT2D eigenvalue weighted by Crippen LogP contribution is 2.20. The molecule has 3 rings (SSSR count). The molecular weight excluding hydrogens is 338 g/mol. The van der Waals surface area contributed by atoms with Crippen LogP contribution in [-0.4, -0.2) is 18.0 Å². The number of anilines is 3. The summed E-state index contributed by atoms with van der Waals surface area (Å²) in [5, 5.41) is 6.08. The molecule has 5 heteroatoms. The minimum atomic E-state index is -0.219. The molecule has 0 unspecified atom stereocenters. The molecule has 0 atom stereocenters. The Bertz CT molecular complexity index is 904. The van der Waals surface area contributed by atoms with Crippen LogP contribution in [0.5, 0.6) is 5.75 Å². The maximum atomic E-state index is 12.4. The molecular formula is C22H23N3O2. The lowest BCUT2D eigenvalue weighted by molar-refractivity contribution is 0.102. The summed E-state index contributed by atoms with van der Waals surface area (Å²) in [5.74, 6) is 1.65. The molecule has 0 bridgehead atoms. The molecule has 0 aliphatic heterocycles. The van der Waals surface area contributed by atoms with Crippen LogP contribution in [-0.2, 0) is 0 Å². The van der Waals surface area contributed by atoms with Crippen LogP contribution >= 0.6 is 0 Å². The molecule has 138 valence electrons. The van der Waals surface area contributed by atoms with Crippen molar-refractivity contribution in [2.24, 2.45) is 0 Å². The van der Waals surface area contributed by atoms with Gasteiger partial charge in [0.15, 0.2) is 0 Å². The number of carbonyl (C=O) groups excluding carboxylic acids is 1. The van der Waals surface area contributed by atoms with Crippen molar-refractivity contribution in [2.45, 2.75) is 19.8 Å². The van der Waals surface area contributed by atoms with E-state index in [4.69, 9.17) is 4.74 Å². The fourth-order valence-corrected chi connectivity index (χ4v) is 2.61. The number of nitrogens with zero attached hydrogens (tertiary/aromatic N) is 1. The highest BCUT2D eigenvalue weighted by molar-refractivity contribution is 6.04. The summed E-state index contributed by atoms with van der Waals surface area (Å²) in [7, 11) is 1.59. The van der Waals surface area contributed by atoms with Gasteiger partial charge in [-0.25, -0.2) is 4.98 Å². The Hall–Kier alpha value is -3.34. The lowest BCUT2D eigenvalue weighted by Gasteiger charge is -2.10. The zero-order chi connectivity index (χ0) is 19.2. The number of hydrogen-bond acceptors (Lipinski definition) is 4. The number of benzene rings is 2. The molecule has 0 saturated carbocycles. The maximum Gasteiger partial charge on any atom is 0.257 e. The largest absolute Gasteiger partial charge is 0.497 e. The van der Waals surface area contributed by atoms with Crippen LogP contribution in [0.25, 0.3) is 0 Å². The Labute approximate surface area is 159 Å². The SMILES string of the molecule is COc1cccc(NC(=O)c2ccc(Nc3ccc(C(C)C)cc3)nc2)c1. The zero-order valence-corrected chi connectivity index (χ0v) is 15.7. The Morgan fingerprint density at radius 1 is 1.00 bits per heavy atom. The highest BCUT2D eigenvalue weighted by Gasteiger charge is 2.08. The summed E-state index contributed by atoms with van der Waals surface area (Å²) in [5.41, 5.74) is 3.41. The standard InChI is InChI=1S/C22H23N3O2/c1-15(2)16-7-10-18(11-8-16)24-21-12-9-17(14-23-21)22(26)25-19-5-4-6-20(13-19)27-3/h4-15H,1-3H3,(H,23,24)(H,25,26). The first-order valence-electron chi connectivity index (χ1n) is 8.83. The Kier molecular flexibility index (Phi) is 5.71. The molecule has 5 nitrogen and oxygen atoms in total. The van der Waals surface area contributed by atoms with Crippen molar-refractivity contribution < 1.29 is 9.53 Å². The Morgan fingerprint density at radius 3 is 2.41 bits per heavy atom. The van der Waals surface area contributed by atoms with Crippen LogP contribution in [0.15, 0.2) is 66.9 Å². The summed E-state index contributed by atoms with van der Waals surface area (Å²) in [6, 6.07) is 19.0. The van der Waals surface area contributed by atoms with Crippen molar-refractivity contribution in [1.82, 2.24) is 4.98 Å². The number of carbonyl (C=O) groups is 1. The van der Waals surface area contributed by atoms with E-state index in [1.807, 2.05) is 30.3 Å². The molecule has 0 saturated heterocycles. The molecule has 0 aliphatic rings. The van der Waals surface area contributed by atoms with E-state index in [2.05, 4.69) is 41.6 Å². The summed E-state index contributed by atoms with van der Waals surface area (Å²) in [6.45, 7) is 4.33. The van der Waals surface area contributed by atoms with E-state index in [0.29, 0.717) is 28.7 Å². The minimum Gasteiger partial charge on any atom is -0.497 e. The quantitative estimate of drug-likeness (QED) is 0.633. The number of pyridine rings is 1. The first-order valence-corrected chi connectivity index (χ1v) is 8.83. The molecule has 0 radical (unpaired) electrons. The van der Waals surface area contributed by atoms with Crippen LogP contribution < -0.4 is 15.4 Å². The molecule has 1 aromatic heterocycles. The van der Waals surface area contributed by atoms with Gasteiger partial charge >= 0.3 is 0 Å². The molecule has 27 heavy (non-hydrogen) atoms. The molecule has 2 N–H and O–H groups in total. The molecule has 1 heterocycles. The lowest BCUT2D eigenvalue weighted by atomic mass is 10.0. The number of ether oxygens (including phenoxy) is 1. The summed E-state index contributed by atoms with van der Waals surface area (Å²) < 4.78 is 5.16. The molecule has 2 aromatic carbocycles. The molecule has 0 aliphatic carbocycles. The zero-order valence-electron chi connectivity index (χ0n) is 15.7. The average molecular weight is 361 g/mol. The van der Waals surface area contributed by atoms with Gasteiger partial charge in [0, 0.05) is 23.6 Å². The number of rotatable bonds is 6. The normalized spacial score (nSPS) is 10.5. The fraction of sp³-hybridized carbons (Fsp3) is 0.182. The Balaban J connectivity index is 1.64.